The summed E-state index contributed by atoms with van der Waals surface area (Å²) in [5.74, 6) is 1.26. The molecule has 0 fully saturated rings. The maximum absolute atomic E-state index is 9.85. The van der Waals surface area contributed by atoms with Gasteiger partial charge in [-0.1, -0.05) is 6.07 Å². The van der Waals surface area contributed by atoms with Gasteiger partial charge in [0.2, 0.25) is 11.8 Å². The molecule has 2 aromatic heterocycles. The van der Waals surface area contributed by atoms with Crippen molar-refractivity contribution >= 4 is 22.6 Å². The van der Waals surface area contributed by atoms with E-state index in [0.29, 0.717) is 5.88 Å². The number of aromatic nitrogens is 3. The Labute approximate surface area is 153 Å². The molecule has 0 saturated carbocycles. The summed E-state index contributed by atoms with van der Waals surface area (Å²) in [6.07, 6.45) is 1.71. The number of ether oxygens (including phenoxy) is 1. The van der Waals surface area contributed by atoms with Gasteiger partial charge in [-0.3, -0.25) is 0 Å². The lowest BCUT2D eigenvalue weighted by Crippen LogP contribution is -1.98. The van der Waals surface area contributed by atoms with Crippen molar-refractivity contribution < 1.29 is 9.84 Å². The Balaban J connectivity index is 2.00. The first-order chi connectivity index (χ1) is 11.5. The van der Waals surface area contributed by atoms with Gasteiger partial charge in [0.1, 0.15) is 5.75 Å². The van der Waals surface area contributed by atoms with Crippen LogP contribution in [0.5, 0.6) is 17.5 Å². The van der Waals surface area contributed by atoms with E-state index in [2.05, 4.69) is 37.8 Å². The number of pyridine rings is 1. The van der Waals surface area contributed by atoms with Crippen molar-refractivity contribution in [3.63, 3.8) is 0 Å². The van der Waals surface area contributed by atoms with Crippen molar-refractivity contribution in [1.82, 2.24) is 15.2 Å². The number of aryl methyl sites for hydroxylation is 2. The van der Waals surface area contributed by atoms with Crippen LogP contribution in [0.15, 0.2) is 36.5 Å². The lowest BCUT2D eigenvalue weighted by Gasteiger charge is -2.14. The molecule has 3 rings (SSSR count). The predicted octanol–water partition coefficient (Wildman–Crippen LogP) is 4.57. The van der Waals surface area contributed by atoms with E-state index in [-0.39, 0.29) is 5.88 Å². The second kappa shape index (κ2) is 6.72. The molecule has 0 amide bonds. The molecule has 3 aromatic rings. The molecule has 6 heteroatoms. The highest BCUT2D eigenvalue weighted by Crippen LogP contribution is 2.34. The summed E-state index contributed by atoms with van der Waals surface area (Å²) in [4.78, 5) is 4.24. The molecule has 0 atom stereocenters. The Morgan fingerprint density at radius 2 is 1.88 bits per heavy atom. The zero-order valence-corrected chi connectivity index (χ0v) is 15.7. The Bertz CT molecular complexity index is 913. The quantitative estimate of drug-likeness (QED) is 0.614. The van der Waals surface area contributed by atoms with Crippen molar-refractivity contribution in [2.45, 2.75) is 20.8 Å². The third kappa shape index (κ3) is 3.19. The Morgan fingerprint density at radius 3 is 2.58 bits per heavy atom. The number of hydrogen-bond donors (Lipinski definition) is 1. The molecular weight excluding hydrogens is 417 g/mol. The van der Waals surface area contributed by atoms with Crippen molar-refractivity contribution in [2.24, 2.45) is 0 Å². The van der Waals surface area contributed by atoms with Crippen LogP contribution >= 0.6 is 22.6 Å². The van der Waals surface area contributed by atoms with Crippen molar-refractivity contribution in [3.8, 4) is 28.6 Å². The van der Waals surface area contributed by atoms with Crippen LogP contribution in [0.1, 0.15) is 16.8 Å². The van der Waals surface area contributed by atoms with Gasteiger partial charge >= 0.3 is 0 Å². The standard InChI is InChI=1S/C18H16IN3O2/c1-10-9-13(24-18-15(19)5-4-8-20-18)6-7-14(10)16-11(2)17(23)22-21-12(16)3/h4-9H,1-3H3,(H,22,23). The van der Waals surface area contributed by atoms with E-state index >= 15 is 0 Å². The molecule has 122 valence electrons. The lowest BCUT2D eigenvalue weighted by atomic mass is 9.96. The van der Waals surface area contributed by atoms with Crippen LogP contribution in [-0.4, -0.2) is 20.3 Å². The lowest BCUT2D eigenvalue weighted by molar-refractivity contribution is 0.440. The van der Waals surface area contributed by atoms with E-state index in [4.69, 9.17) is 4.74 Å². The molecule has 1 N–H and O–H groups in total. The maximum atomic E-state index is 9.85. The van der Waals surface area contributed by atoms with E-state index in [1.807, 2.05) is 51.1 Å². The summed E-state index contributed by atoms with van der Waals surface area (Å²) >= 11 is 2.19. The summed E-state index contributed by atoms with van der Waals surface area (Å²) in [5, 5.41) is 17.6. The summed E-state index contributed by atoms with van der Waals surface area (Å²) in [6.45, 7) is 5.73. The Morgan fingerprint density at radius 1 is 1.08 bits per heavy atom. The molecule has 0 spiro atoms. The summed E-state index contributed by atoms with van der Waals surface area (Å²) in [5.41, 5.74) is 4.43. The normalized spacial score (nSPS) is 10.7. The molecule has 0 aliphatic carbocycles. The Hall–Kier alpha value is -2.22. The highest BCUT2D eigenvalue weighted by Gasteiger charge is 2.14. The molecule has 0 unspecified atom stereocenters. The smallest absolute Gasteiger partial charge is 0.234 e. The molecule has 5 nitrogen and oxygen atoms in total. The third-order valence-corrected chi connectivity index (χ3v) is 4.59. The first-order valence-electron chi connectivity index (χ1n) is 7.39. The molecule has 0 saturated heterocycles. The predicted molar refractivity (Wildman–Crippen MR) is 100 cm³/mol. The van der Waals surface area contributed by atoms with E-state index in [9.17, 15) is 5.11 Å². The summed E-state index contributed by atoms with van der Waals surface area (Å²) < 4.78 is 6.82. The van der Waals surface area contributed by atoms with Gasteiger partial charge in [-0.25, -0.2) is 4.98 Å². The number of hydrogen-bond acceptors (Lipinski definition) is 5. The largest absolute Gasteiger partial charge is 0.492 e. The zero-order chi connectivity index (χ0) is 17.3. The van der Waals surface area contributed by atoms with Gasteiger partial charge in [-0.15, -0.1) is 5.10 Å². The fraction of sp³-hybridized carbons (Fsp3) is 0.167. The number of rotatable bonds is 3. The van der Waals surface area contributed by atoms with E-state index in [1.54, 1.807) is 6.20 Å². The van der Waals surface area contributed by atoms with Crippen LogP contribution in [0.3, 0.4) is 0 Å². The van der Waals surface area contributed by atoms with Gasteiger partial charge < -0.3 is 9.84 Å². The van der Waals surface area contributed by atoms with Gasteiger partial charge in [0.05, 0.1) is 9.26 Å². The summed E-state index contributed by atoms with van der Waals surface area (Å²) in [7, 11) is 0. The van der Waals surface area contributed by atoms with Crippen molar-refractivity contribution in [1.29, 1.82) is 0 Å². The van der Waals surface area contributed by atoms with Crippen LogP contribution in [0, 0.1) is 24.3 Å². The fourth-order valence-corrected chi connectivity index (χ4v) is 3.02. The zero-order valence-electron chi connectivity index (χ0n) is 13.5. The summed E-state index contributed by atoms with van der Waals surface area (Å²) in [6, 6.07) is 9.64. The number of halogens is 1. The van der Waals surface area contributed by atoms with Crippen molar-refractivity contribution in [2.75, 3.05) is 0 Å². The molecular formula is C18H16IN3O2. The number of nitrogens with zero attached hydrogens (tertiary/aromatic N) is 3. The second-order valence-electron chi connectivity index (χ2n) is 5.48. The molecule has 2 heterocycles. The van der Waals surface area contributed by atoms with Gasteiger partial charge in [-0.05, 0) is 78.8 Å². The SMILES string of the molecule is Cc1cc(Oc2ncccc2I)ccc1-c1c(C)nnc(O)c1C. The first-order valence-corrected chi connectivity index (χ1v) is 8.47. The molecule has 1 aromatic carbocycles. The average Bonchev–Trinajstić information content (AvgIpc) is 2.55. The van der Waals surface area contributed by atoms with Crippen LogP contribution < -0.4 is 4.74 Å². The van der Waals surface area contributed by atoms with Crippen LogP contribution in [0.25, 0.3) is 11.1 Å². The van der Waals surface area contributed by atoms with E-state index in [0.717, 1.165) is 37.3 Å². The van der Waals surface area contributed by atoms with Crippen LogP contribution in [0.4, 0.5) is 0 Å². The first kappa shape index (κ1) is 16.6. The van der Waals surface area contributed by atoms with Crippen LogP contribution in [-0.2, 0) is 0 Å². The topological polar surface area (TPSA) is 68.1 Å². The highest BCUT2D eigenvalue weighted by molar-refractivity contribution is 14.1. The highest BCUT2D eigenvalue weighted by atomic mass is 127. The molecule has 0 radical (unpaired) electrons. The molecule has 0 aliphatic rings. The molecule has 0 bridgehead atoms. The van der Waals surface area contributed by atoms with Gasteiger partial charge in [0.25, 0.3) is 0 Å². The monoisotopic (exact) mass is 433 g/mol. The maximum Gasteiger partial charge on any atom is 0.234 e. The van der Waals surface area contributed by atoms with Gasteiger partial charge in [0, 0.05) is 17.3 Å². The number of aromatic hydroxyl groups is 1. The fourth-order valence-electron chi connectivity index (χ4n) is 2.57. The van der Waals surface area contributed by atoms with Crippen LogP contribution in [0.2, 0.25) is 0 Å². The number of benzene rings is 1. The minimum Gasteiger partial charge on any atom is -0.492 e. The van der Waals surface area contributed by atoms with Gasteiger partial charge in [0.15, 0.2) is 0 Å². The minimum atomic E-state index is -0.0432. The Kier molecular flexibility index (Phi) is 4.66. The van der Waals surface area contributed by atoms with Crippen molar-refractivity contribution in [3.05, 3.63) is 56.9 Å². The average molecular weight is 433 g/mol. The van der Waals surface area contributed by atoms with Gasteiger partial charge in [-0.2, -0.15) is 5.10 Å². The molecule has 24 heavy (non-hydrogen) atoms. The van der Waals surface area contributed by atoms with E-state index < -0.39 is 0 Å². The van der Waals surface area contributed by atoms with E-state index in [1.165, 1.54) is 0 Å². The molecule has 0 aliphatic heterocycles. The minimum absolute atomic E-state index is 0.0432. The second-order valence-corrected chi connectivity index (χ2v) is 6.64. The third-order valence-electron chi connectivity index (χ3n) is 3.77.